The van der Waals surface area contributed by atoms with E-state index in [1.807, 2.05) is 11.0 Å². The number of piperidine rings is 1. The summed E-state index contributed by atoms with van der Waals surface area (Å²) in [6, 6.07) is 4.14. The Balaban J connectivity index is 1.71. The van der Waals surface area contributed by atoms with E-state index in [2.05, 4.69) is 39.0 Å². The van der Waals surface area contributed by atoms with Crippen molar-refractivity contribution in [2.75, 3.05) is 19.6 Å². The van der Waals surface area contributed by atoms with E-state index in [1.165, 1.54) is 11.3 Å². The molecular formula is C14H18IN3O. The molecule has 19 heavy (non-hydrogen) atoms. The van der Waals surface area contributed by atoms with Gasteiger partial charge in [0.1, 0.15) is 3.70 Å². The summed E-state index contributed by atoms with van der Waals surface area (Å²) in [7, 11) is 0. The third-order valence-corrected chi connectivity index (χ3v) is 4.62. The lowest BCUT2D eigenvalue weighted by atomic mass is 9.95. The van der Waals surface area contributed by atoms with Crippen LogP contribution < -0.4 is 5.32 Å². The van der Waals surface area contributed by atoms with E-state index in [9.17, 15) is 4.79 Å². The number of rotatable bonds is 1. The van der Waals surface area contributed by atoms with E-state index < -0.39 is 0 Å². The van der Waals surface area contributed by atoms with Crippen LogP contribution in [0.25, 0.3) is 0 Å². The van der Waals surface area contributed by atoms with Crippen LogP contribution in [0.15, 0.2) is 12.1 Å². The minimum atomic E-state index is 0.222. The van der Waals surface area contributed by atoms with Crippen molar-refractivity contribution in [3.8, 4) is 0 Å². The molecule has 4 nitrogen and oxygen atoms in total. The molecule has 0 aliphatic carbocycles. The Morgan fingerprint density at radius 1 is 1.37 bits per heavy atom. The number of halogens is 1. The first-order valence-corrected chi connectivity index (χ1v) is 7.96. The molecule has 1 amide bonds. The van der Waals surface area contributed by atoms with Gasteiger partial charge in [0.25, 0.3) is 0 Å². The van der Waals surface area contributed by atoms with Gasteiger partial charge in [0.2, 0.25) is 5.91 Å². The normalized spacial score (nSPS) is 20.2. The molecule has 1 aromatic heterocycles. The highest BCUT2D eigenvalue weighted by Gasteiger charge is 2.28. The number of carbonyl (C=O) groups excluding carboxylic acids is 1. The molecule has 2 aliphatic heterocycles. The number of carbonyl (C=O) groups is 1. The Kier molecular flexibility index (Phi) is 4.02. The molecular weight excluding hydrogens is 353 g/mol. The Morgan fingerprint density at radius 3 is 2.95 bits per heavy atom. The van der Waals surface area contributed by atoms with E-state index in [0.29, 0.717) is 5.91 Å². The molecule has 102 valence electrons. The molecule has 0 bridgehead atoms. The van der Waals surface area contributed by atoms with Gasteiger partial charge in [0, 0.05) is 31.1 Å². The molecule has 1 fully saturated rings. The zero-order valence-corrected chi connectivity index (χ0v) is 13.0. The Morgan fingerprint density at radius 2 is 2.16 bits per heavy atom. The average molecular weight is 371 g/mol. The molecule has 0 saturated carbocycles. The fourth-order valence-electron chi connectivity index (χ4n) is 2.90. The van der Waals surface area contributed by atoms with Crippen LogP contribution in [-0.4, -0.2) is 35.4 Å². The number of pyridine rings is 1. The van der Waals surface area contributed by atoms with Gasteiger partial charge in [-0.05, 0) is 60.2 Å². The minimum absolute atomic E-state index is 0.222. The lowest BCUT2D eigenvalue weighted by Gasteiger charge is -2.32. The molecule has 0 aromatic carbocycles. The molecule has 1 saturated heterocycles. The van der Waals surface area contributed by atoms with Crippen molar-refractivity contribution in [2.45, 2.75) is 25.8 Å². The van der Waals surface area contributed by atoms with E-state index in [1.54, 1.807) is 0 Å². The van der Waals surface area contributed by atoms with E-state index in [4.69, 9.17) is 0 Å². The fourth-order valence-corrected chi connectivity index (χ4v) is 3.38. The number of nitrogens with one attached hydrogen (secondary N) is 1. The maximum Gasteiger partial charge on any atom is 0.226 e. The smallest absolute Gasteiger partial charge is 0.226 e. The van der Waals surface area contributed by atoms with Crippen LogP contribution in [0.3, 0.4) is 0 Å². The van der Waals surface area contributed by atoms with Gasteiger partial charge in [-0.2, -0.15) is 0 Å². The Bertz CT molecular complexity index is 486. The molecule has 5 heteroatoms. The second-order valence-electron chi connectivity index (χ2n) is 5.27. The average Bonchev–Trinajstić information content (AvgIpc) is 2.47. The van der Waals surface area contributed by atoms with E-state index >= 15 is 0 Å². The number of fused-ring (bicyclic) bond motifs is 1. The molecule has 1 N–H and O–H groups in total. The predicted octanol–water partition coefficient (Wildman–Crippen LogP) is 1.57. The summed E-state index contributed by atoms with van der Waals surface area (Å²) in [5.74, 6) is 0.560. The lowest BCUT2D eigenvalue weighted by Crippen LogP contribution is -2.43. The van der Waals surface area contributed by atoms with Gasteiger partial charge in [-0.3, -0.25) is 4.79 Å². The SMILES string of the molecule is O=C(C1CCNCC1)N1CCc2nc(I)ccc2C1. The van der Waals surface area contributed by atoms with E-state index in [-0.39, 0.29) is 5.92 Å². The molecule has 0 spiro atoms. The zero-order chi connectivity index (χ0) is 13.2. The van der Waals surface area contributed by atoms with Crippen LogP contribution in [0, 0.1) is 9.62 Å². The third kappa shape index (κ3) is 2.91. The molecule has 0 atom stereocenters. The van der Waals surface area contributed by atoms with Gasteiger partial charge in [-0.1, -0.05) is 6.07 Å². The quantitative estimate of drug-likeness (QED) is 0.602. The number of aromatic nitrogens is 1. The molecule has 0 unspecified atom stereocenters. The first kappa shape index (κ1) is 13.3. The first-order valence-electron chi connectivity index (χ1n) is 6.88. The number of nitrogens with zero attached hydrogens (tertiary/aromatic N) is 2. The molecule has 3 rings (SSSR count). The fraction of sp³-hybridized carbons (Fsp3) is 0.571. The van der Waals surface area contributed by atoms with Crippen molar-refractivity contribution >= 4 is 28.5 Å². The topological polar surface area (TPSA) is 45.2 Å². The predicted molar refractivity (Wildman–Crippen MR) is 81.7 cm³/mol. The molecule has 3 heterocycles. The van der Waals surface area contributed by atoms with Gasteiger partial charge in [-0.15, -0.1) is 0 Å². The van der Waals surface area contributed by atoms with Gasteiger partial charge in [-0.25, -0.2) is 4.98 Å². The number of hydrogen-bond donors (Lipinski definition) is 1. The van der Waals surface area contributed by atoms with Crippen LogP contribution in [-0.2, 0) is 17.8 Å². The summed E-state index contributed by atoms with van der Waals surface area (Å²) in [6.07, 6.45) is 2.85. The number of hydrogen-bond acceptors (Lipinski definition) is 3. The summed E-state index contributed by atoms with van der Waals surface area (Å²) in [6.45, 7) is 3.51. The standard InChI is InChI=1S/C14H18IN3O/c15-13-2-1-11-9-18(8-5-12(11)17-13)14(19)10-3-6-16-7-4-10/h1-2,10,16H,3-9H2. The maximum absolute atomic E-state index is 12.5. The van der Waals surface area contributed by atoms with Crippen LogP contribution >= 0.6 is 22.6 Å². The highest BCUT2D eigenvalue weighted by atomic mass is 127. The summed E-state index contributed by atoms with van der Waals surface area (Å²) >= 11 is 2.24. The lowest BCUT2D eigenvalue weighted by molar-refractivity contribution is -0.137. The summed E-state index contributed by atoms with van der Waals surface area (Å²) in [5.41, 5.74) is 2.38. The second-order valence-corrected chi connectivity index (χ2v) is 6.38. The van der Waals surface area contributed by atoms with Crippen molar-refractivity contribution < 1.29 is 4.79 Å². The van der Waals surface area contributed by atoms with Gasteiger partial charge >= 0.3 is 0 Å². The Hall–Kier alpha value is -0.690. The van der Waals surface area contributed by atoms with Crippen LogP contribution in [0.4, 0.5) is 0 Å². The number of amides is 1. The van der Waals surface area contributed by atoms with Gasteiger partial charge in [0.05, 0.1) is 0 Å². The summed E-state index contributed by atoms with van der Waals surface area (Å²) in [4.78, 5) is 19.1. The van der Waals surface area contributed by atoms with Crippen molar-refractivity contribution in [2.24, 2.45) is 5.92 Å². The van der Waals surface area contributed by atoms with E-state index in [0.717, 1.165) is 49.1 Å². The van der Waals surface area contributed by atoms with Gasteiger partial charge in [0.15, 0.2) is 0 Å². The largest absolute Gasteiger partial charge is 0.338 e. The second kappa shape index (κ2) is 5.75. The Labute approximate surface area is 127 Å². The highest BCUT2D eigenvalue weighted by molar-refractivity contribution is 14.1. The third-order valence-electron chi connectivity index (χ3n) is 4.01. The van der Waals surface area contributed by atoms with Crippen LogP contribution in [0.5, 0.6) is 0 Å². The van der Waals surface area contributed by atoms with Crippen molar-refractivity contribution in [1.29, 1.82) is 0 Å². The van der Waals surface area contributed by atoms with Gasteiger partial charge < -0.3 is 10.2 Å². The van der Waals surface area contributed by atoms with Crippen LogP contribution in [0.2, 0.25) is 0 Å². The van der Waals surface area contributed by atoms with Crippen molar-refractivity contribution in [3.05, 3.63) is 27.1 Å². The summed E-state index contributed by atoms with van der Waals surface area (Å²) in [5, 5.41) is 3.31. The van der Waals surface area contributed by atoms with Crippen molar-refractivity contribution in [3.63, 3.8) is 0 Å². The first-order chi connectivity index (χ1) is 9.24. The zero-order valence-electron chi connectivity index (χ0n) is 10.9. The molecule has 1 aromatic rings. The molecule has 0 radical (unpaired) electrons. The summed E-state index contributed by atoms with van der Waals surface area (Å²) < 4.78 is 1.04. The van der Waals surface area contributed by atoms with Crippen LogP contribution in [0.1, 0.15) is 24.1 Å². The highest BCUT2D eigenvalue weighted by Crippen LogP contribution is 2.22. The maximum atomic E-state index is 12.5. The van der Waals surface area contributed by atoms with Crippen molar-refractivity contribution in [1.82, 2.24) is 15.2 Å². The molecule has 2 aliphatic rings. The minimum Gasteiger partial charge on any atom is -0.338 e. The monoisotopic (exact) mass is 371 g/mol.